The monoisotopic (exact) mass is 237 g/mol. The summed E-state index contributed by atoms with van der Waals surface area (Å²) in [5, 5.41) is 2.88. The molecule has 2 aromatic carbocycles. The molecule has 3 nitrogen and oxygen atoms in total. The molecule has 0 bridgehead atoms. The van der Waals surface area contributed by atoms with Crippen LogP contribution in [0.3, 0.4) is 0 Å². The minimum Gasteiger partial charge on any atom is -0.497 e. The van der Waals surface area contributed by atoms with Gasteiger partial charge in [0.25, 0.3) is 0 Å². The van der Waals surface area contributed by atoms with Gasteiger partial charge in [-0.2, -0.15) is 0 Å². The number of aromatic nitrogens is 1. The molecule has 0 amide bonds. The van der Waals surface area contributed by atoms with Gasteiger partial charge in [-0.3, -0.25) is 4.79 Å². The standard InChI is InChI=1S/C15H11NO2/c1-18-10-6-7-11-12-4-2-3-5-14(12)16-15(9-17)13(11)8-10/h2-9H,1H3. The smallest absolute Gasteiger partial charge is 0.169 e. The van der Waals surface area contributed by atoms with E-state index in [0.29, 0.717) is 5.69 Å². The fraction of sp³-hybridized carbons (Fsp3) is 0.0667. The molecule has 0 aliphatic heterocycles. The van der Waals surface area contributed by atoms with E-state index in [0.717, 1.165) is 33.7 Å². The molecule has 0 radical (unpaired) electrons. The van der Waals surface area contributed by atoms with Crippen LogP contribution in [-0.2, 0) is 0 Å². The van der Waals surface area contributed by atoms with Gasteiger partial charge in [-0.25, -0.2) is 4.98 Å². The lowest BCUT2D eigenvalue weighted by molar-refractivity contribution is 0.112. The highest BCUT2D eigenvalue weighted by atomic mass is 16.5. The second kappa shape index (κ2) is 4.11. The summed E-state index contributed by atoms with van der Waals surface area (Å²) in [4.78, 5) is 15.5. The maximum absolute atomic E-state index is 11.2. The highest BCUT2D eigenvalue weighted by Gasteiger charge is 2.08. The van der Waals surface area contributed by atoms with E-state index in [1.807, 2.05) is 42.5 Å². The van der Waals surface area contributed by atoms with Crippen molar-refractivity contribution in [3.63, 3.8) is 0 Å². The first kappa shape index (κ1) is 10.7. The van der Waals surface area contributed by atoms with Crippen molar-refractivity contribution < 1.29 is 9.53 Å². The van der Waals surface area contributed by atoms with E-state index in [9.17, 15) is 4.79 Å². The van der Waals surface area contributed by atoms with E-state index < -0.39 is 0 Å². The minimum absolute atomic E-state index is 0.447. The molecule has 3 aromatic rings. The summed E-state index contributed by atoms with van der Waals surface area (Å²) in [5.74, 6) is 0.725. The van der Waals surface area contributed by atoms with E-state index in [-0.39, 0.29) is 0 Å². The van der Waals surface area contributed by atoms with Crippen molar-refractivity contribution in [2.75, 3.05) is 7.11 Å². The lowest BCUT2D eigenvalue weighted by atomic mass is 10.0. The number of pyridine rings is 1. The number of carbonyl (C=O) groups is 1. The van der Waals surface area contributed by atoms with Crippen LogP contribution in [0.1, 0.15) is 10.5 Å². The number of ether oxygens (including phenoxy) is 1. The number of para-hydroxylation sites is 1. The molecule has 0 fully saturated rings. The largest absolute Gasteiger partial charge is 0.497 e. The molecule has 0 aliphatic rings. The molecule has 0 saturated carbocycles. The lowest BCUT2D eigenvalue weighted by Gasteiger charge is -2.07. The summed E-state index contributed by atoms with van der Waals surface area (Å²) in [6.45, 7) is 0. The van der Waals surface area contributed by atoms with Crippen molar-refractivity contribution >= 4 is 28.0 Å². The maximum Gasteiger partial charge on any atom is 0.169 e. The van der Waals surface area contributed by atoms with Gasteiger partial charge in [0.2, 0.25) is 0 Å². The van der Waals surface area contributed by atoms with Crippen LogP contribution in [0.4, 0.5) is 0 Å². The van der Waals surface area contributed by atoms with Gasteiger partial charge in [0, 0.05) is 10.8 Å². The van der Waals surface area contributed by atoms with E-state index in [1.165, 1.54) is 0 Å². The summed E-state index contributed by atoms with van der Waals surface area (Å²) in [7, 11) is 1.61. The van der Waals surface area contributed by atoms with E-state index >= 15 is 0 Å². The molecule has 0 saturated heterocycles. The Balaban J connectivity index is 2.51. The highest BCUT2D eigenvalue weighted by molar-refractivity contribution is 6.11. The quantitative estimate of drug-likeness (QED) is 0.507. The molecule has 3 rings (SSSR count). The molecule has 88 valence electrons. The van der Waals surface area contributed by atoms with Crippen molar-refractivity contribution in [3.8, 4) is 5.75 Å². The number of methoxy groups -OCH3 is 1. The van der Waals surface area contributed by atoms with Crippen LogP contribution in [-0.4, -0.2) is 18.4 Å². The number of carbonyl (C=O) groups excluding carboxylic acids is 1. The van der Waals surface area contributed by atoms with Crippen LogP contribution >= 0.6 is 0 Å². The molecule has 0 aliphatic carbocycles. The van der Waals surface area contributed by atoms with Gasteiger partial charge in [0.05, 0.1) is 12.6 Å². The molecule has 3 heteroatoms. The number of nitrogens with zero attached hydrogens (tertiary/aromatic N) is 1. The predicted molar refractivity (Wildman–Crippen MR) is 71.2 cm³/mol. The molecule has 1 aromatic heterocycles. The third-order valence-electron chi connectivity index (χ3n) is 3.05. The molecule has 0 atom stereocenters. The molecular formula is C15H11NO2. The molecule has 18 heavy (non-hydrogen) atoms. The Morgan fingerprint density at radius 3 is 2.67 bits per heavy atom. The first-order valence-electron chi connectivity index (χ1n) is 5.65. The Bertz CT molecular complexity index is 750. The average Bonchev–Trinajstić information content (AvgIpc) is 2.45. The number of hydrogen-bond acceptors (Lipinski definition) is 3. The van der Waals surface area contributed by atoms with Crippen molar-refractivity contribution in [1.29, 1.82) is 0 Å². The van der Waals surface area contributed by atoms with Gasteiger partial charge in [-0.1, -0.05) is 18.2 Å². The first-order valence-corrected chi connectivity index (χ1v) is 5.65. The first-order chi connectivity index (χ1) is 8.83. The number of hydrogen-bond donors (Lipinski definition) is 0. The maximum atomic E-state index is 11.2. The van der Waals surface area contributed by atoms with Crippen LogP contribution in [0, 0.1) is 0 Å². The lowest BCUT2D eigenvalue weighted by Crippen LogP contribution is -1.92. The molecule has 0 unspecified atom stereocenters. The molecule has 0 spiro atoms. The van der Waals surface area contributed by atoms with Gasteiger partial charge in [-0.15, -0.1) is 0 Å². The van der Waals surface area contributed by atoms with Crippen LogP contribution < -0.4 is 4.74 Å². The summed E-state index contributed by atoms with van der Waals surface area (Å²) in [5.41, 5.74) is 1.28. The van der Waals surface area contributed by atoms with E-state index in [1.54, 1.807) is 7.11 Å². The normalized spacial score (nSPS) is 10.7. The van der Waals surface area contributed by atoms with Gasteiger partial charge < -0.3 is 4.74 Å². The Labute approximate surface area is 104 Å². The van der Waals surface area contributed by atoms with Crippen molar-refractivity contribution in [3.05, 3.63) is 48.2 Å². The summed E-state index contributed by atoms with van der Waals surface area (Å²) >= 11 is 0. The zero-order valence-electron chi connectivity index (χ0n) is 9.88. The zero-order valence-corrected chi connectivity index (χ0v) is 9.88. The van der Waals surface area contributed by atoms with Gasteiger partial charge >= 0.3 is 0 Å². The Kier molecular flexibility index (Phi) is 2.45. The fourth-order valence-corrected chi connectivity index (χ4v) is 2.18. The summed E-state index contributed by atoms with van der Waals surface area (Å²) in [6, 6.07) is 13.5. The molecular weight excluding hydrogens is 226 g/mol. The summed E-state index contributed by atoms with van der Waals surface area (Å²) < 4.78 is 5.19. The zero-order chi connectivity index (χ0) is 12.5. The fourth-order valence-electron chi connectivity index (χ4n) is 2.18. The predicted octanol–water partition coefficient (Wildman–Crippen LogP) is 3.21. The number of benzene rings is 2. The van der Waals surface area contributed by atoms with E-state index in [2.05, 4.69) is 4.98 Å². The topological polar surface area (TPSA) is 39.2 Å². The van der Waals surface area contributed by atoms with Crippen molar-refractivity contribution in [2.24, 2.45) is 0 Å². The van der Waals surface area contributed by atoms with Crippen LogP contribution in [0.25, 0.3) is 21.7 Å². The number of fused-ring (bicyclic) bond motifs is 3. The van der Waals surface area contributed by atoms with Gasteiger partial charge in [0.15, 0.2) is 6.29 Å². The molecule has 0 N–H and O–H groups in total. The van der Waals surface area contributed by atoms with E-state index in [4.69, 9.17) is 4.74 Å². The number of rotatable bonds is 2. The number of aldehydes is 1. The van der Waals surface area contributed by atoms with Crippen molar-refractivity contribution in [1.82, 2.24) is 4.98 Å². The Morgan fingerprint density at radius 2 is 1.89 bits per heavy atom. The van der Waals surface area contributed by atoms with Gasteiger partial charge in [0.1, 0.15) is 11.4 Å². The Morgan fingerprint density at radius 1 is 1.06 bits per heavy atom. The van der Waals surface area contributed by atoms with Gasteiger partial charge in [-0.05, 0) is 29.7 Å². The van der Waals surface area contributed by atoms with Crippen LogP contribution in [0.15, 0.2) is 42.5 Å². The SMILES string of the molecule is COc1ccc2c(c1)c(C=O)nc1ccccc12. The highest BCUT2D eigenvalue weighted by Crippen LogP contribution is 2.28. The van der Waals surface area contributed by atoms with Crippen molar-refractivity contribution in [2.45, 2.75) is 0 Å². The Hall–Kier alpha value is -2.42. The average molecular weight is 237 g/mol. The summed E-state index contributed by atoms with van der Waals surface area (Å²) in [6.07, 6.45) is 0.786. The second-order valence-electron chi connectivity index (χ2n) is 4.04. The minimum atomic E-state index is 0.447. The second-order valence-corrected chi connectivity index (χ2v) is 4.04. The third-order valence-corrected chi connectivity index (χ3v) is 3.05. The third kappa shape index (κ3) is 1.52. The van der Waals surface area contributed by atoms with Crippen LogP contribution in [0.5, 0.6) is 5.75 Å². The van der Waals surface area contributed by atoms with Crippen LogP contribution in [0.2, 0.25) is 0 Å². The molecule has 1 heterocycles.